The molecule has 0 saturated carbocycles. The van der Waals surface area contributed by atoms with Gasteiger partial charge in [-0.1, -0.05) is 0 Å². The molecule has 2 saturated heterocycles. The van der Waals surface area contributed by atoms with Crippen LogP contribution in [0.3, 0.4) is 0 Å². The minimum Gasteiger partial charge on any atom is -0.373 e. The van der Waals surface area contributed by atoms with Gasteiger partial charge < -0.3 is 10.5 Å². The zero-order valence-electron chi connectivity index (χ0n) is 6.75. The van der Waals surface area contributed by atoms with Gasteiger partial charge >= 0.3 is 6.18 Å². The van der Waals surface area contributed by atoms with Crippen LogP contribution in [-0.2, 0) is 4.74 Å². The molecule has 6 heteroatoms. The van der Waals surface area contributed by atoms with E-state index in [4.69, 9.17) is 10.5 Å². The summed E-state index contributed by atoms with van der Waals surface area (Å²) < 4.78 is 42.0. The molecule has 0 amide bonds. The first kappa shape index (κ1) is 11.1. The average molecular weight is 218 g/mol. The third kappa shape index (κ3) is 1.65. The van der Waals surface area contributed by atoms with Gasteiger partial charge in [-0.3, -0.25) is 0 Å². The summed E-state index contributed by atoms with van der Waals surface area (Å²) in [5, 5.41) is 0. The van der Waals surface area contributed by atoms with E-state index in [2.05, 4.69) is 0 Å². The first-order valence-electron chi connectivity index (χ1n) is 3.98. The van der Waals surface area contributed by atoms with Crippen molar-refractivity contribution >= 4 is 12.4 Å². The fraction of sp³-hybridized carbons (Fsp3) is 1.00. The van der Waals surface area contributed by atoms with Gasteiger partial charge in [0.1, 0.15) is 0 Å². The quantitative estimate of drug-likeness (QED) is 0.667. The van der Waals surface area contributed by atoms with Crippen molar-refractivity contribution in [3.8, 4) is 0 Å². The van der Waals surface area contributed by atoms with Gasteiger partial charge in [0.15, 0.2) is 0 Å². The number of fused-ring (bicyclic) bond motifs is 2. The first-order valence-corrected chi connectivity index (χ1v) is 3.98. The van der Waals surface area contributed by atoms with Crippen LogP contribution in [0.2, 0.25) is 0 Å². The van der Waals surface area contributed by atoms with E-state index in [-0.39, 0.29) is 18.5 Å². The molecule has 2 aliphatic rings. The molecule has 0 aliphatic carbocycles. The van der Waals surface area contributed by atoms with Crippen molar-refractivity contribution in [1.29, 1.82) is 0 Å². The lowest BCUT2D eigenvalue weighted by molar-refractivity contribution is -0.188. The van der Waals surface area contributed by atoms with Crippen LogP contribution >= 0.6 is 12.4 Å². The molecule has 13 heavy (non-hydrogen) atoms. The van der Waals surface area contributed by atoms with Crippen molar-refractivity contribution in [2.24, 2.45) is 11.7 Å². The van der Waals surface area contributed by atoms with Gasteiger partial charge in [0.05, 0.1) is 18.1 Å². The SMILES string of the molecule is Cl.NC1C2CCC(O2)C1C(F)(F)F. The summed E-state index contributed by atoms with van der Waals surface area (Å²) in [6.45, 7) is 0. The summed E-state index contributed by atoms with van der Waals surface area (Å²) in [7, 11) is 0. The highest BCUT2D eigenvalue weighted by atomic mass is 35.5. The number of nitrogens with two attached hydrogens (primary N) is 1. The van der Waals surface area contributed by atoms with Gasteiger partial charge in [-0.05, 0) is 12.8 Å². The number of halogens is 4. The van der Waals surface area contributed by atoms with E-state index in [1.165, 1.54) is 0 Å². The second-order valence-electron chi connectivity index (χ2n) is 3.44. The monoisotopic (exact) mass is 217 g/mol. The Kier molecular flexibility index (Phi) is 2.81. The van der Waals surface area contributed by atoms with E-state index in [9.17, 15) is 13.2 Å². The highest BCUT2D eigenvalue weighted by molar-refractivity contribution is 5.85. The Morgan fingerprint density at radius 1 is 1.15 bits per heavy atom. The zero-order valence-corrected chi connectivity index (χ0v) is 7.57. The molecule has 0 aromatic heterocycles. The van der Waals surface area contributed by atoms with Gasteiger partial charge in [-0.15, -0.1) is 12.4 Å². The summed E-state index contributed by atoms with van der Waals surface area (Å²) in [6, 6.07) is -0.844. The van der Waals surface area contributed by atoms with Gasteiger partial charge in [-0.25, -0.2) is 0 Å². The lowest BCUT2D eigenvalue weighted by atomic mass is 9.85. The van der Waals surface area contributed by atoms with Crippen LogP contribution in [0.4, 0.5) is 13.2 Å². The van der Waals surface area contributed by atoms with Crippen molar-refractivity contribution in [2.75, 3.05) is 0 Å². The molecule has 0 aromatic carbocycles. The maximum Gasteiger partial charge on any atom is 0.395 e. The minimum atomic E-state index is -4.20. The Bertz CT molecular complexity index is 197. The first-order chi connectivity index (χ1) is 5.50. The van der Waals surface area contributed by atoms with Crippen molar-refractivity contribution in [2.45, 2.75) is 37.3 Å². The van der Waals surface area contributed by atoms with Crippen LogP contribution in [-0.4, -0.2) is 24.4 Å². The molecule has 78 valence electrons. The Balaban J connectivity index is 0.000000845. The highest BCUT2D eigenvalue weighted by Crippen LogP contribution is 2.45. The van der Waals surface area contributed by atoms with Crippen LogP contribution in [0.5, 0.6) is 0 Å². The van der Waals surface area contributed by atoms with E-state index >= 15 is 0 Å². The third-order valence-electron chi connectivity index (χ3n) is 2.71. The van der Waals surface area contributed by atoms with E-state index < -0.39 is 24.2 Å². The molecule has 2 rings (SSSR count). The number of rotatable bonds is 0. The van der Waals surface area contributed by atoms with Crippen molar-refractivity contribution in [3.05, 3.63) is 0 Å². The number of hydrogen-bond donors (Lipinski definition) is 1. The summed E-state index contributed by atoms with van der Waals surface area (Å²) in [5.41, 5.74) is 5.41. The Hall–Kier alpha value is -0.0000000000000000555. The molecule has 2 bridgehead atoms. The van der Waals surface area contributed by atoms with Gasteiger partial charge in [-0.2, -0.15) is 13.2 Å². The van der Waals surface area contributed by atoms with Crippen LogP contribution in [0.15, 0.2) is 0 Å². The lowest BCUT2D eigenvalue weighted by Gasteiger charge is -2.26. The van der Waals surface area contributed by atoms with E-state index in [0.717, 1.165) is 0 Å². The maximum atomic E-state index is 12.3. The van der Waals surface area contributed by atoms with E-state index in [0.29, 0.717) is 12.8 Å². The molecule has 2 fully saturated rings. The molecule has 2 N–H and O–H groups in total. The predicted molar refractivity (Wildman–Crippen MR) is 42.7 cm³/mol. The second-order valence-corrected chi connectivity index (χ2v) is 3.44. The summed E-state index contributed by atoms with van der Waals surface area (Å²) in [6.07, 6.45) is -4.05. The topological polar surface area (TPSA) is 35.2 Å². The number of alkyl halides is 3. The van der Waals surface area contributed by atoms with Crippen molar-refractivity contribution in [1.82, 2.24) is 0 Å². The van der Waals surface area contributed by atoms with Crippen molar-refractivity contribution in [3.63, 3.8) is 0 Å². The fourth-order valence-corrected chi connectivity index (χ4v) is 2.14. The Morgan fingerprint density at radius 2 is 1.69 bits per heavy atom. The largest absolute Gasteiger partial charge is 0.395 e. The molecule has 4 unspecified atom stereocenters. The minimum absolute atomic E-state index is 0. The Morgan fingerprint density at radius 3 is 2.00 bits per heavy atom. The second kappa shape index (κ2) is 3.29. The molecule has 0 radical (unpaired) electrons. The lowest BCUT2D eigenvalue weighted by Crippen LogP contribution is -2.47. The summed E-state index contributed by atoms with van der Waals surface area (Å²) >= 11 is 0. The smallest absolute Gasteiger partial charge is 0.373 e. The standard InChI is InChI=1S/C7H10F3NO.ClH/c8-7(9,10)5-3-1-2-4(12-3)6(5)11;/h3-6H,1-2,11H2;1H. The average Bonchev–Trinajstić information content (AvgIpc) is 2.42. The molecule has 2 heterocycles. The zero-order chi connectivity index (χ0) is 8.93. The molecule has 0 spiro atoms. The van der Waals surface area contributed by atoms with Crippen molar-refractivity contribution < 1.29 is 17.9 Å². The van der Waals surface area contributed by atoms with E-state index in [1.54, 1.807) is 0 Å². The van der Waals surface area contributed by atoms with E-state index in [1.807, 2.05) is 0 Å². The van der Waals surface area contributed by atoms with Crippen LogP contribution in [0.1, 0.15) is 12.8 Å². The third-order valence-corrected chi connectivity index (χ3v) is 2.71. The summed E-state index contributed by atoms with van der Waals surface area (Å²) in [4.78, 5) is 0. The van der Waals surface area contributed by atoms with Gasteiger partial charge in [0.25, 0.3) is 0 Å². The highest BCUT2D eigenvalue weighted by Gasteiger charge is 2.58. The Labute approximate surface area is 80.0 Å². The molecular weight excluding hydrogens is 207 g/mol. The fourth-order valence-electron chi connectivity index (χ4n) is 2.14. The number of hydrogen-bond acceptors (Lipinski definition) is 2. The maximum absolute atomic E-state index is 12.3. The normalized spacial score (nSPS) is 43.4. The predicted octanol–water partition coefficient (Wildman–Crippen LogP) is 1.48. The summed E-state index contributed by atoms with van der Waals surface area (Å²) in [5.74, 6) is -1.43. The molecular formula is C7H11ClF3NO. The van der Waals surface area contributed by atoms with Gasteiger partial charge in [0, 0.05) is 6.04 Å². The van der Waals surface area contributed by atoms with Crippen LogP contribution in [0.25, 0.3) is 0 Å². The van der Waals surface area contributed by atoms with Gasteiger partial charge in [0.2, 0.25) is 0 Å². The molecule has 4 atom stereocenters. The van der Waals surface area contributed by atoms with Crippen LogP contribution in [0, 0.1) is 5.92 Å². The molecule has 2 nitrogen and oxygen atoms in total. The number of ether oxygens (including phenoxy) is 1. The molecule has 0 aromatic rings. The molecule has 2 aliphatic heterocycles. The van der Waals surface area contributed by atoms with Crippen LogP contribution < -0.4 is 5.73 Å².